The van der Waals surface area contributed by atoms with Gasteiger partial charge in [-0.3, -0.25) is 14.9 Å². The molecule has 0 aliphatic carbocycles. The summed E-state index contributed by atoms with van der Waals surface area (Å²) in [6, 6.07) is 18.9. The third-order valence-electron chi connectivity index (χ3n) is 4.61. The molecule has 0 fully saturated rings. The third kappa shape index (κ3) is 4.62. The highest BCUT2D eigenvalue weighted by molar-refractivity contribution is 6.01. The maximum Gasteiger partial charge on any atom is 0.269 e. The van der Waals surface area contributed by atoms with Gasteiger partial charge in [0.2, 0.25) is 0 Å². The molecule has 1 aromatic heterocycles. The number of nitriles is 1. The van der Waals surface area contributed by atoms with E-state index in [9.17, 15) is 20.2 Å². The molecule has 1 amide bonds. The molecule has 30 heavy (non-hydrogen) atoms. The van der Waals surface area contributed by atoms with E-state index in [1.165, 1.54) is 18.2 Å². The minimum atomic E-state index is -0.502. The van der Waals surface area contributed by atoms with Gasteiger partial charge in [-0.05, 0) is 43.2 Å². The van der Waals surface area contributed by atoms with Gasteiger partial charge in [-0.1, -0.05) is 30.3 Å². The first-order chi connectivity index (χ1) is 14.4. The fourth-order valence-electron chi connectivity index (χ4n) is 3.00. The summed E-state index contributed by atoms with van der Waals surface area (Å²) in [5.41, 5.74) is 2.22. The average molecular weight is 401 g/mol. The maximum atomic E-state index is 12.5. The number of rotatable bonds is 6. The number of non-ortho nitro benzene ring substituents is 1. The summed E-state index contributed by atoms with van der Waals surface area (Å²) in [4.78, 5) is 22.9. The largest absolute Gasteiger partial charge is 0.457 e. The molecule has 0 aliphatic rings. The summed E-state index contributed by atoms with van der Waals surface area (Å²) in [5, 5.41) is 23.1. The van der Waals surface area contributed by atoms with Crippen molar-refractivity contribution in [2.45, 2.75) is 19.9 Å². The number of aryl methyl sites for hydroxylation is 1. The van der Waals surface area contributed by atoms with Gasteiger partial charge in [-0.15, -0.1) is 0 Å². The molecule has 0 saturated heterocycles. The lowest BCUT2D eigenvalue weighted by Crippen LogP contribution is -2.27. The number of hydrogen-bond acceptors (Lipinski definition) is 5. The SMILES string of the molecule is Cc1cc([N+](=O)[O-])ccc1-c1ccc(/C=C(\C#N)C(=O)N[C@H](C)c2ccccc2)o1. The van der Waals surface area contributed by atoms with E-state index < -0.39 is 10.8 Å². The monoisotopic (exact) mass is 401 g/mol. The van der Waals surface area contributed by atoms with E-state index in [4.69, 9.17) is 4.42 Å². The van der Waals surface area contributed by atoms with Crippen molar-refractivity contribution in [1.82, 2.24) is 5.32 Å². The molecule has 7 heteroatoms. The van der Waals surface area contributed by atoms with Crippen molar-refractivity contribution in [1.29, 1.82) is 5.26 Å². The van der Waals surface area contributed by atoms with Crippen LogP contribution in [0.5, 0.6) is 0 Å². The van der Waals surface area contributed by atoms with E-state index in [1.807, 2.05) is 43.3 Å². The smallest absolute Gasteiger partial charge is 0.269 e. The molecule has 7 nitrogen and oxygen atoms in total. The quantitative estimate of drug-likeness (QED) is 0.272. The summed E-state index contributed by atoms with van der Waals surface area (Å²) >= 11 is 0. The van der Waals surface area contributed by atoms with E-state index >= 15 is 0 Å². The van der Waals surface area contributed by atoms with E-state index in [2.05, 4.69) is 5.32 Å². The lowest BCUT2D eigenvalue weighted by molar-refractivity contribution is -0.384. The Kier molecular flexibility index (Phi) is 6.08. The molecule has 1 N–H and O–H groups in total. The summed E-state index contributed by atoms with van der Waals surface area (Å²) in [6.07, 6.45) is 1.37. The number of nitro groups is 1. The number of amides is 1. The molecular weight excluding hydrogens is 382 g/mol. The fraction of sp³-hybridized carbons (Fsp3) is 0.130. The Balaban J connectivity index is 1.79. The van der Waals surface area contributed by atoms with Crippen molar-refractivity contribution in [2.75, 3.05) is 0 Å². The highest BCUT2D eigenvalue weighted by atomic mass is 16.6. The molecule has 3 rings (SSSR count). The van der Waals surface area contributed by atoms with E-state index in [0.717, 1.165) is 5.56 Å². The van der Waals surface area contributed by atoms with Crippen LogP contribution in [0.3, 0.4) is 0 Å². The molecule has 0 bridgehead atoms. The molecule has 0 radical (unpaired) electrons. The summed E-state index contributed by atoms with van der Waals surface area (Å²) < 4.78 is 5.75. The van der Waals surface area contributed by atoms with Crippen LogP contribution in [0, 0.1) is 28.4 Å². The number of benzene rings is 2. The van der Waals surface area contributed by atoms with Crippen LogP contribution in [0.15, 0.2) is 70.7 Å². The topological polar surface area (TPSA) is 109 Å². The third-order valence-corrected chi connectivity index (χ3v) is 4.61. The molecular formula is C23H19N3O4. The van der Waals surface area contributed by atoms with Crippen molar-refractivity contribution in [3.63, 3.8) is 0 Å². The van der Waals surface area contributed by atoms with Crippen LogP contribution in [0.1, 0.15) is 29.9 Å². The van der Waals surface area contributed by atoms with Crippen molar-refractivity contribution >= 4 is 17.7 Å². The second kappa shape index (κ2) is 8.88. The zero-order chi connectivity index (χ0) is 21.7. The summed E-state index contributed by atoms with van der Waals surface area (Å²) in [6.45, 7) is 3.59. The molecule has 3 aromatic rings. The molecule has 0 aliphatic heterocycles. The molecule has 0 unspecified atom stereocenters. The first-order valence-corrected chi connectivity index (χ1v) is 9.22. The second-order valence-electron chi connectivity index (χ2n) is 6.73. The van der Waals surface area contributed by atoms with E-state index in [-0.39, 0.29) is 17.3 Å². The Bertz CT molecular complexity index is 1160. The Morgan fingerprint density at radius 1 is 1.20 bits per heavy atom. The first-order valence-electron chi connectivity index (χ1n) is 9.22. The minimum absolute atomic E-state index is 0.00102. The van der Waals surface area contributed by atoms with Gasteiger partial charge in [0, 0.05) is 23.8 Å². The maximum absolute atomic E-state index is 12.5. The van der Waals surface area contributed by atoms with Crippen LogP contribution >= 0.6 is 0 Å². The number of nitro benzene ring substituents is 1. The first kappa shape index (κ1) is 20.6. The summed E-state index contributed by atoms with van der Waals surface area (Å²) in [5.74, 6) is 0.323. The Hall–Kier alpha value is -4.18. The Labute approximate surface area is 173 Å². The minimum Gasteiger partial charge on any atom is -0.457 e. The lowest BCUT2D eigenvalue weighted by Gasteiger charge is -2.13. The standard InChI is InChI=1S/C23H19N3O4/c1-15-12-19(26(28)29)8-10-21(15)22-11-9-20(30-22)13-18(14-24)23(27)25-16(2)17-6-4-3-5-7-17/h3-13,16H,1-2H3,(H,25,27)/b18-13+/t16-/m1/s1. The van der Waals surface area contributed by atoms with Gasteiger partial charge in [0.1, 0.15) is 23.2 Å². The fourth-order valence-corrected chi connectivity index (χ4v) is 3.00. The van der Waals surface area contributed by atoms with Crippen LogP contribution in [-0.2, 0) is 4.79 Å². The Morgan fingerprint density at radius 2 is 1.93 bits per heavy atom. The highest BCUT2D eigenvalue weighted by Crippen LogP contribution is 2.29. The normalized spacial score (nSPS) is 12.1. The predicted molar refractivity (Wildman–Crippen MR) is 112 cm³/mol. The lowest BCUT2D eigenvalue weighted by atomic mass is 10.1. The Morgan fingerprint density at radius 3 is 2.57 bits per heavy atom. The molecule has 150 valence electrons. The summed E-state index contributed by atoms with van der Waals surface area (Å²) in [7, 11) is 0. The zero-order valence-corrected chi connectivity index (χ0v) is 16.5. The number of carbonyl (C=O) groups excluding carboxylic acids is 1. The van der Waals surface area contributed by atoms with Crippen molar-refractivity contribution in [2.24, 2.45) is 0 Å². The van der Waals surface area contributed by atoms with Crippen molar-refractivity contribution < 1.29 is 14.1 Å². The molecule has 1 heterocycles. The van der Waals surface area contributed by atoms with Crippen LogP contribution in [0.2, 0.25) is 0 Å². The van der Waals surface area contributed by atoms with E-state index in [1.54, 1.807) is 25.1 Å². The number of carbonyl (C=O) groups is 1. The molecule has 0 saturated carbocycles. The van der Waals surface area contributed by atoms with Crippen LogP contribution in [0.4, 0.5) is 5.69 Å². The molecule has 1 atom stereocenters. The van der Waals surface area contributed by atoms with Gasteiger partial charge < -0.3 is 9.73 Å². The average Bonchev–Trinajstić information content (AvgIpc) is 3.20. The van der Waals surface area contributed by atoms with Crippen molar-refractivity contribution in [3.05, 3.63) is 93.2 Å². The van der Waals surface area contributed by atoms with E-state index in [0.29, 0.717) is 22.6 Å². The molecule has 0 spiro atoms. The van der Waals surface area contributed by atoms with Crippen LogP contribution in [0.25, 0.3) is 17.4 Å². The van der Waals surface area contributed by atoms with Gasteiger partial charge >= 0.3 is 0 Å². The van der Waals surface area contributed by atoms with Gasteiger partial charge in [0.15, 0.2) is 0 Å². The number of hydrogen-bond donors (Lipinski definition) is 1. The predicted octanol–water partition coefficient (Wildman–Crippen LogP) is 4.95. The van der Waals surface area contributed by atoms with Gasteiger partial charge in [0.25, 0.3) is 11.6 Å². The zero-order valence-electron chi connectivity index (χ0n) is 16.5. The number of furan rings is 1. The number of nitrogens with zero attached hydrogens (tertiary/aromatic N) is 2. The highest BCUT2D eigenvalue weighted by Gasteiger charge is 2.16. The van der Waals surface area contributed by atoms with Crippen molar-refractivity contribution in [3.8, 4) is 17.4 Å². The number of nitrogens with one attached hydrogen (secondary N) is 1. The van der Waals surface area contributed by atoms with Crippen LogP contribution < -0.4 is 5.32 Å². The van der Waals surface area contributed by atoms with Gasteiger partial charge in [0.05, 0.1) is 11.0 Å². The second-order valence-corrected chi connectivity index (χ2v) is 6.73. The van der Waals surface area contributed by atoms with Gasteiger partial charge in [-0.25, -0.2) is 0 Å². The molecule has 2 aromatic carbocycles. The van der Waals surface area contributed by atoms with Gasteiger partial charge in [-0.2, -0.15) is 5.26 Å². The van der Waals surface area contributed by atoms with Crippen LogP contribution in [-0.4, -0.2) is 10.8 Å².